The molecule has 5 nitrogen and oxygen atoms in total. The summed E-state index contributed by atoms with van der Waals surface area (Å²) in [5.74, 6) is 0.992. The van der Waals surface area contributed by atoms with Gasteiger partial charge >= 0.3 is 5.63 Å². The summed E-state index contributed by atoms with van der Waals surface area (Å²) in [5, 5.41) is 9.43. The van der Waals surface area contributed by atoms with Crippen LogP contribution in [0.5, 0.6) is 5.75 Å². The first-order valence-corrected chi connectivity index (χ1v) is 7.34. The van der Waals surface area contributed by atoms with E-state index >= 15 is 0 Å². The zero-order valence-electron chi connectivity index (χ0n) is 12.0. The highest BCUT2D eigenvalue weighted by Gasteiger charge is 2.38. The molecular weight excluding hydrogens is 268 g/mol. The summed E-state index contributed by atoms with van der Waals surface area (Å²) in [5.41, 5.74) is 6.31. The van der Waals surface area contributed by atoms with Crippen LogP contribution in [0, 0.1) is 24.2 Å². The molecule has 1 aliphatic carbocycles. The molecule has 0 spiro atoms. The minimum atomic E-state index is -0.416. The van der Waals surface area contributed by atoms with E-state index in [0.29, 0.717) is 22.6 Å². The van der Waals surface area contributed by atoms with E-state index in [9.17, 15) is 10.1 Å². The molecule has 5 heteroatoms. The van der Waals surface area contributed by atoms with Crippen LogP contribution in [-0.4, -0.2) is 0 Å². The molecule has 1 aliphatic heterocycles. The predicted octanol–water partition coefficient (Wildman–Crippen LogP) is 2.70. The molecule has 0 amide bonds. The number of nitrogens with two attached hydrogens (primary N) is 1. The number of ether oxygens (including phenoxy) is 1. The number of nitrogens with zero attached hydrogens (tertiary/aromatic N) is 1. The van der Waals surface area contributed by atoms with Crippen LogP contribution in [-0.2, 0) is 0 Å². The Balaban J connectivity index is 2.16. The average molecular weight is 286 g/mol. The van der Waals surface area contributed by atoms with Crippen LogP contribution >= 0.6 is 0 Å². The van der Waals surface area contributed by atoms with Gasteiger partial charge in [0.2, 0.25) is 5.88 Å². The molecule has 0 saturated heterocycles. The lowest BCUT2D eigenvalue weighted by Crippen LogP contribution is -2.30. The smallest absolute Gasteiger partial charge is 0.343 e. The molecular formula is C16H18N2O3. The van der Waals surface area contributed by atoms with E-state index in [1.165, 1.54) is 6.42 Å². The topological polar surface area (TPSA) is 89.2 Å². The summed E-state index contributed by atoms with van der Waals surface area (Å²) < 4.78 is 10.7. The standard InChI is InChI=1S/C16H18N2O3/c1-9-7-12-14(16(19)20-9)13(10-5-3-2-4-6-10)11(8-17)15(18)21-12/h7,10,13H,2-6,18H2,1H3. The lowest BCUT2D eigenvalue weighted by Gasteiger charge is -2.33. The second-order valence-corrected chi connectivity index (χ2v) is 5.79. The lowest BCUT2D eigenvalue weighted by molar-refractivity contribution is 0.289. The average Bonchev–Trinajstić information content (AvgIpc) is 2.46. The summed E-state index contributed by atoms with van der Waals surface area (Å²) >= 11 is 0. The van der Waals surface area contributed by atoms with Gasteiger partial charge in [-0.1, -0.05) is 19.3 Å². The monoisotopic (exact) mass is 286 g/mol. The highest BCUT2D eigenvalue weighted by atomic mass is 16.5. The van der Waals surface area contributed by atoms with Crippen LogP contribution in [0.1, 0.15) is 49.3 Å². The van der Waals surface area contributed by atoms with Crippen LogP contribution in [0.3, 0.4) is 0 Å². The SMILES string of the molecule is Cc1cc2c(c(=O)o1)C(C1CCCCC1)C(C#N)=C(N)O2. The van der Waals surface area contributed by atoms with Crippen molar-refractivity contribution in [1.82, 2.24) is 0 Å². The van der Waals surface area contributed by atoms with E-state index in [0.717, 1.165) is 25.7 Å². The Labute approximate surface area is 123 Å². The van der Waals surface area contributed by atoms with Crippen molar-refractivity contribution in [2.45, 2.75) is 44.9 Å². The zero-order valence-corrected chi connectivity index (χ0v) is 12.0. The Morgan fingerprint density at radius 2 is 2.05 bits per heavy atom. The molecule has 2 heterocycles. The van der Waals surface area contributed by atoms with Gasteiger partial charge in [0.25, 0.3) is 0 Å². The van der Waals surface area contributed by atoms with Crippen LogP contribution in [0.25, 0.3) is 0 Å². The van der Waals surface area contributed by atoms with Gasteiger partial charge in [-0.15, -0.1) is 0 Å². The number of fused-ring (bicyclic) bond motifs is 1. The molecule has 1 saturated carbocycles. The second-order valence-electron chi connectivity index (χ2n) is 5.79. The summed E-state index contributed by atoms with van der Waals surface area (Å²) in [7, 11) is 0. The molecule has 110 valence electrons. The summed E-state index contributed by atoms with van der Waals surface area (Å²) in [6.07, 6.45) is 5.43. The summed E-state index contributed by atoms with van der Waals surface area (Å²) in [4.78, 5) is 12.3. The molecule has 0 bridgehead atoms. The van der Waals surface area contributed by atoms with Gasteiger partial charge in [-0.25, -0.2) is 4.79 Å². The first kappa shape index (κ1) is 13.7. The molecule has 3 rings (SSSR count). The van der Waals surface area contributed by atoms with Gasteiger partial charge in [0.1, 0.15) is 17.6 Å². The Hall–Kier alpha value is -2.22. The van der Waals surface area contributed by atoms with E-state index in [2.05, 4.69) is 6.07 Å². The third-order valence-electron chi connectivity index (χ3n) is 4.42. The van der Waals surface area contributed by atoms with Crippen LogP contribution in [0.15, 0.2) is 26.7 Å². The Morgan fingerprint density at radius 1 is 1.33 bits per heavy atom. The van der Waals surface area contributed by atoms with Crippen molar-refractivity contribution < 1.29 is 9.15 Å². The molecule has 1 aromatic heterocycles. The largest absolute Gasteiger partial charge is 0.440 e. The normalized spacial score (nSPS) is 22.4. The van der Waals surface area contributed by atoms with Gasteiger partial charge in [-0.05, 0) is 25.7 Å². The number of aryl methyl sites for hydroxylation is 1. The fraction of sp³-hybridized carbons (Fsp3) is 0.500. The maximum Gasteiger partial charge on any atom is 0.343 e. The highest BCUT2D eigenvalue weighted by Crippen LogP contribution is 2.45. The number of allylic oxidation sites excluding steroid dienone is 1. The van der Waals surface area contributed by atoms with Crippen molar-refractivity contribution >= 4 is 0 Å². The molecule has 0 aromatic carbocycles. The van der Waals surface area contributed by atoms with Crippen molar-refractivity contribution in [2.75, 3.05) is 0 Å². The molecule has 1 atom stereocenters. The quantitative estimate of drug-likeness (QED) is 0.857. The number of rotatable bonds is 1. The van der Waals surface area contributed by atoms with E-state index in [1.54, 1.807) is 13.0 Å². The van der Waals surface area contributed by atoms with Crippen molar-refractivity contribution in [3.63, 3.8) is 0 Å². The third-order valence-corrected chi connectivity index (χ3v) is 4.42. The maximum absolute atomic E-state index is 12.3. The minimum Gasteiger partial charge on any atom is -0.440 e. The van der Waals surface area contributed by atoms with Crippen LogP contribution in [0.2, 0.25) is 0 Å². The van der Waals surface area contributed by atoms with Gasteiger partial charge in [0.05, 0.1) is 11.1 Å². The molecule has 1 aromatic rings. The molecule has 0 radical (unpaired) electrons. The second kappa shape index (κ2) is 5.28. The van der Waals surface area contributed by atoms with Crippen molar-refractivity contribution in [3.05, 3.63) is 39.3 Å². The molecule has 1 fully saturated rings. The van der Waals surface area contributed by atoms with Crippen molar-refractivity contribution in [3.8, 4) is 11.8 Å². The van der Waals surface area contributed by atoms with Crippen LogP contribution in [0.4, 0.5) is 0 Å². The predicted molar refractivity (Wildman–Crippen MR) is 76.5 cm³/mol. The Morgan fingerprint density at radius 3 is 2.71 bits per heavy atom. The lowest BCUT2D eigenvalue weighted by atomic mass is 9.73. The molecule has 21 heavy (non-hydrogen) atoms. The fourth-order valence-electron chi connectivity index (χ4n) is 3.49. The molecule has 1 unspecified atom stereocenters. The van der Waals surface area contributed by atoms with E-state index in [1.807, 2.05) is 0 Å². The van der Waals surface area contributed by atoms with Gasteiger partial charge in [0, 0.05) is 12.0 Å². The fourth-order valence-corrected chi connectivity index (χ4v) is 3.49. The minimum absolute atomic E-state index is 0.116. The third kappa shape index (κ3) is 2.31. The zero-order chi connectivity index (χ0) is 15.0. The molecule has 2 N–H and O–H groups in total. The Bertz CT molecular complexity index is 690. The number of hydrogen-bond donors (Lipinski definition) is 1. The summed E-state index contributed by atoms with van der Waals surface area (Å²) in [6.45, 7) is 1.69. The van der Waals surface area contributed by atoms with Gasteiger partial charge in [-0.3, -0.25) is 0 Å². The molecule has 2 aliphatic rings. The maximum atomic E-state index is 12.3. The summed E-state index contributed by atoms with van der Waals surface area (Å²) in [6, 6.07) is 3.81. The Kier molecular flexibility index (Phi) is 3.46. The van der Waals surface area contributed by atoms with E-state index in [4.69, 9.17) is 14.9 Å². The van der Waals surface area contributed by atoms with E-state index < -0.39 is 5.63 Å². The number of hydrogen-bond acceptors (Lipinski definition) is 5. The van der Waals surface area contributed by atoms with Gasteiger partial charge < -0.3 is 14.9 Å². The van der Waals surface area contributed by atoms with Crippen molar-refractivity contribution in [2.24, 2.45) is 11.7 Å². The van der Waals surface area contributed by atoms with Crippen LogP contribution < -0.4 is 16.1 Å². The van der Waals surface area contributed by atoms with Crippen molar-refractivity contribution in [1.29, 1.82) is 5.26 Å². The number of nitriles is 1. The highest BCUT2D eigenvalue weighted by molar-refractivity contribution is 5.49. The first-order valence-electron chi connectivity index (χ1n) is 7.34. The first-order chi connectivity index (χ1) is 10.1. The van der Waals surface area contributed by atoms with E-state index in [-0.39, 0.29) is 17.7 Å². The van der Waals surface area contributed by atoms with Gasteiger partial charge in [-0.2, -0.15) is 5.26 Å². The van der Waals surface area contributed by atoms with Gasteiger partial charge in [0.15, 0.2) is 0 Å².